The zero-order valence-corrected chi connectivity index (χ0v) is 12.4. The van der Waals surface area contributed by atoms with Gasteiger partial charge in [0.05, 0.1) is 0 Å². The summed E-state index contributed by atoms with van der Waals surface area (Å²) in [6, 6.07) is 4.42. The van der Waals surface area contributed by atoms with Crippen molar-refractivity contribution in [2.24, 2.45) is 0 Å². The number of amides is 1. The molecule has 0 saturated heterocycles. The van der Waals surface area contributed by atoms with Crippen LogP contribution in [0.2, 0.25) is 0 Å². The highest BCUT2D eigenvalue weighted by Crippen LogP contribution is 2.22. The molecule has 2 rings (SSSR count). The fourth-order valence-corrected chi connectivity index (χ4v) is 2.70. The summed E-state index contributed by atoms with van der Waals surface area (Å²) in [4.78, 5) is 18.0. The minimum atomic E-state index is -0.156. The predicted octanol–water partition coefficient (Wildman–Crippen LogP) is 1.73. The maximum atomic E-state index is 11.5. The number of rotatable bonds is 6. The first-order chi connectivity index (χ1) is 9.70. The summed E-state index contributed by atoms with van der Waals surface area (Å²) in [6.45, 7) is 1.90. The third kappa shape index (κ3) is 3.93. The van der Waals surface area contributed by atoms with Crippen LogP contribution >= 0.6 is 0 Å². The van der Waals surface area contributed by atoms with E-state index in [9.17, 15) is 4.79 Å². The number of nitrogens with zero attached hydrogens (tertiary/aromatic N) is 2. The van der Waals surface area contributed by atoms with E-state index in [1.807, 2.05) is 6.07 Å². The predicted molar refractivity (Wildman–Crippen MR) is 81.0 cm³/mol. The van der Waals surface area contributed by atoms with E-state index in [0.717, 1.165) is 24.8 Å². The molecule has 0 atom stereocenters. The number of likely N-dealkylation sites (N-methyl/N-ethyl adjacent to an activating group) is 1. The second-order valence-electron chi connectivity index (χ2n) is 5.35. The van der Waals surface area contributed by atoms with Gasteiger partial charge < -0.3 is 15.5 Å². The summed E-state index contributed by atoms with van der Waals surface area (Å²) in [5, 5.41) is 5.94. The molecule has 0 aromatic carbocycles. The molecule has 1 aliphatic carbocycles. The molecule has 20 heavy (non-hydrogen) atoms. The highest BCUT2D eigenvalue weighted by atomic mass is 16.1. The second kappa shape index (κ2) is 7.24. The number of hydrogen-bond donors (Lipinski definition) is 2. The van der Waals surface area contributed by atoms with Crippen LogP contribution in [-0.2, 0) is 0 Å². The molecule has 0 spiro atoms. The normalized spacial score (nSPS) is 15.6. The lowest BCUT2D eigenvalue weighted by atomic mass is 10.2. The van der Waals surface area contributed by atoms with Gasteiger partial charge in [-0.2, -0.15) is 0 Å². The maximum absolute atomic E-state index is 11.5. The van der Waals surface area contributed by atoms with Gasteiger partial charge in [-0.15, -0.1) is 0 Å². The van der Waals surface area contributed by atoms with Crippen LogP contribution in [0.15, 0.2) is 18.3 Å². The molecule has 1 saturated carbocycles. The van der Waals surface area contributed by atoms with E-state index in [4.69, 9.17) is 0 Å². The third-order valence-electron chi connectivity index (χ3n) is 3.96. The number of nitrogens with one attached hydrogen (secondary N) is 2. The number of hydrogen-bond acceptors (Lipinski definition) is 4. The van der Waals surface area contributed by atoms with E-state index in [2.05, 4.69) is 27.6 Å². The molecular formula is C15H24N4O. The van der Waals surface area contributed by atoms with Crippen molar-refractivity contribution in [1.29, 1.82) is 0 Å². The van der Waals surface area contributed by atoms with Crippen LogP contribution < -0.4 is 10.6 Å². The molecular weight excluding hydrogens is 252 g/mol. The Bertz CT molecular complexity index is 443. The smallest absolute Gasteiger partial charge is 0.269 e. The van der Waals surface area contributed by atoms with Crippen LogP contribution in [0.5, 0.6) is 0 Å². The van der Waals surface area contributed by atoms with Crippen molar-refractivity contribution in [3.8, 4) is 0 Å². The molecule has 110 valence electrons. The van der Waals surface area contributed by atoms with Crippen molar-refractivity contribution in [2.75, 3.05) is 32.5 Å². The average molecular weight is 276 g/mol. The lowest BCUT2D eigenvalue weighted by Crippen LogP contribution is -2.33. The zero-order valence-electron chi connectivity index (χ0n) is 12.4. The van der Waals surface area contributed by atoms with E-state index < -0.39 is 0 Å². The van der Waals surface area contributed by atoms with Gasteiger partial charge in [-0.1, -0.05) is 12.8 Å². The Kier molecular flexibility index (Phi) is 5.35. The zero-order chi connectivity index (χ0) is 14.4. The Morgan fingerprint density at radius 2 is 2.20 bits per heavy atom. The molecule has 5 nitrogen and oxygen atoms in total. The van der Waals surface area contributed by atoms with Crippen LogP contribution in [0, 0.1) is 0 Å². The van der Waals surface area contributed by atoms with Gasteiger partial charge in [0, 0.05) is 38.1 Å². The van der Waals surface area contributed by atoms with Gasteiger partial charge in [0.2, 0.25) is 0 Å². The first-order valence-electron chi connectivity index (χ1n) is 7.33. The van der Waals surface area contributed by atoms with Crippen molar-refractivity contribution >= 4 is 11.6 Å². The molecule has 0 bridgehead atoms. The highest BCUT2D eigenvalue weighted by Gasteiger charge is 2.18. The largest absolute Gasteiger partial charge is 0.384 e. The lowest BCUT2D eigenvalue weighted by Gasteiger charge is -2.24. The molecule has 1 aromatic heterocycles. The van der Waals surface area contributed by atoms with Crippen molar-refractivity contribution in [3.63, 3.8) is 0 Å². The molecule has 0 aliphatic heterocycles. The first kappa shape index (κ1) is 14.8. The molecule has 5 heteroatoms. The first-order valence-corrected chi connectivity index (χ1v) is 7.33. The Hall–Kier alpha value is -1.62. The summed E-state index contributed by atoms with van der Waals surface area (Å²) >= 11 is 0. The van der Waals surface area contributed by atoms with E-state index >= 15 is 0 Å². The van der Waals surface area contributed by atoms with Crippen molar-refractivity contribution in [2.45, 2.75) is 31.7 Å². The van der Waals surface area contributed by atoms with Crippen LogP contribution in [0.4, 0.5) is 5.69 Å². The summed E-state index contributed by atoms with van der Waals surface area (Å²) < 4.78 is 0. The van der Waals surface area contributed by atoms with Crippen LogP contribution in [0.25, 0.3) is 0 Å². The van der Waals surface area contributed by atoms with Crippen LogP contribution in [-0.4, -0.2) is 49.0 Å². The maximum Gasteiger partial charge on any atom is 0.269 e. The number of carbonyl (C=O) groups excluding carboxylic acids is 1. The van der Waals surface area contributed by atoms with Gasteiger partial charge in [0.1, 0.15) is 5.69 Å². The van der Waals surface area contributed by atoms with Gasteiger partial charge >= 0.3 is 0 Å². The molecule has 1 amide bonds. The average Bonchev–Trinajstić information content (AvgIpc) is 3.01. The van der Waals surface area contributed by atoms with Crippen molar-refractivity contribution in [3.05, 3.63) is 24.0 Å². The molecule has 0 radical (unpaired) electrons. The van der Waals surface area contributed by atoms with E-state index in [0.29, 0.717) is 5.69 Å². The van der Waals surface area contributed by atoms with Crippen molar-refractivity contribution in [1.82, 2.24) is 15.2 Å². The summed E-state index contributed by atoms with van der Waals surface area (Å²) in [7, 11) is 3.81. The Morgan fingerprint density at radius 3 is 2.90 bits per heavy atom. The minimum Gasteiger partial charge on any atom is -0.384 e. The van der Waals surface area contributed by atoms with Gasteiger partial charge in [-0.25, -0.2) is 0 Å². The van der Waals surface area contributed by atoms with Gasteiger partial charge in [0.25, 0.3) is 5.91 Å². The topological polar surface area (TPSA) is 57.3 Å². The van der Waals surface area contributed by atoms with E-state index in [1.54, 1.807) is 19.3 Å². The number of aromatic nitrogens is 1. The molecule has 1 fully saturated rings. The lowest BCUT2D eigenvalue weighted by molar-refractivity contribution is 0.0958. The fourth-order valence-electron chi connectivity index (χ4n) is 2.70. The highest BCUT2D eigenvalue weighted by molar-refractivity contribution is 5.92. The Balaban J connectivity index is 1.80. The molecule has 0 unspecified atom stereocenters. The second-order valence-corrected chi connectivity index (χ2v) is 5.35. The van der Waals surface area contributed by atoms with Gasteiger partial charge in [-0.3, -0.25) is 9.78 Å². The van der Waals surface area contributed by atoms with Gasteiger partial charge in [0.15, 0.2) is 0 Å². The number of anilines is 1. The number of carbonyl (C=O) groups is 1. The van der Waals surface area contributed by atoms with Crippen molar-refractivity contribution < 1.29 is 4.79 Å². The third-order valence-corrected chi connectivity index (χ3v) is 3.96. The standard InChI is InChI=1S/C15H24N4O/c1-16-15(20)14-11-12(7-8-18-14)17-9-10-19(2)13-5-3-4-6-13/h7-8,11,13H,3-6,9-10H2,1-2H3,(H,16,20)(H,17,18). The monoisotopic (exact) mass is 276 g/mol. The molecule has 2 N–H and O–H groups in total. The summed E-state index contributed by atoms with van der Waals surface area (Å²) in [5.41, 5.74) is 1.39. The molecule has 1 heterocycles. The Labute approximate surface area is 120 Å². The van der Waals surface area contributed by atoms with E-state index in [1.165, 1.54) is 25.7 Å². The van der Waals surface area contributed by atoms with E-state index in [-0.39, 0.29) is 5.91 Å². The molecule has 1 aromatic rings. The number of pyridine rings is 1. The quantitative estimate of drug-likeness (QED) is 0.831. The Morgan fingerprint density at radius 1 is 1.45 bits per heavy atom. The summed E-state index contributed by atoms with van der Waals surface area (Å²) in [5.74, 6) is -0.156. The summed E-state index contributed by atoms with van der Waals surface area (Å²) in [6.07, 6.45) is 7.04. The minimum absolute atomic E-state index is 0.156. The SMILES string of the molecule is CNC(=O)c1cc(NCCN(C)C2CCCC2)ccn1. The van der Waals surface area contributed by atoms with Crippen LogP contribution in [0.3, 0.4) is 0 Å². The fraction of sp³-hybridized carbons (Fsp3) is 0.600. The molecule has 1 aliphatic rings. The van der Waals surface area contributed by atoms with Crippen LogP contribution in [0.1, 0.15) is 36.2 Å². The van der Waals surface area contributed by atoms with Gasteiger partial charge in [-0.05, 0) is 32.0 Å².